The number of likely N-dealkylation sites (tertiary alicyclic amines) is 1. The molecule has 1 amide bonds. The average Bonchev–Trinajstić information content (AvgIpc) is 2.55. The number of hydrogen-bond acceptors (Lipinski definition) is 4. The van der Waals surface area contributed by atoms with Crippen molar-refractivity contribution in [2.75, 3.05) is 26.3 Å². The van der Waals surface area contributed by atoms with Crippen LogP contribution in [0.3, 0.4) is 0 Å². The molecule has 0 N–H and O–H groups in total. The number of piperidine rings is 1. The van der Waals surface area contributed by atoms with E-state index in [1.807, 2.05) is 30.3 Å². The van der Waals surface area contributed by atoms with Crippen molar-refractivity contribution in [3.63, 3.8) is 0 Å². The minimum atomic E-state index is -0.464. The van der Waals surface area contributed by atoms with Gasteiger partial charge in [-0.25, -0.2) is 4.79 Å². The van der Waals surface area contributed by atoms with Crippen LogP contribution in [0.25, 0.3) is 0 Å². The van der Waals surface area contributed by atoms with Crippen molar-refractivity contribution in [3.05, 3.63) is 35.9 Å². The van der Waals surface area contributed by atoms with Crippen molar-refractivity contribution in [3.8, 4) is 0 Å². The van der Waals surface area contributed by atoms with Gasteiger partial charge in [0.15, 0.2) is 5.79 Å². The fraction of sp³-hybridized carbons (Fsp3) is 0.562. The molecule has 2 aliphatic rings. The summed E-state index contributed by atoms with van der Waals surface area (Å²) in [5.41, 5.74) is 0.998. The van der Waals surface area contributed by atoms with Crippen molar-refractivity contribution in [1.82, 2.24) is 4.90 Å². The van der Waals surface area contributed by atoms with E-state index in [0.717, 1.165) is 25.2 Å². The van der Waals surface area contributed by atoms with Gasteiger partial charge < -0.3 is 19.1 Å². The van der Waals surface area contributed by atoms with Gasteiger partial charge in [-0.3, -0.25) is 0 Å². The fourth-order valence-corrected chi connectivity index (χ4v) is 2.75. The summed E-state index contributed by atoms with van der Waals surface area (Å²) in [6.45, 7) is 3.05. The summed E-state index contributed by atoms with van der Waals surface area (Å²) in [5, 5.41) is 0. The van der Waals surface area contributed by atoms with Gasteiger partial charge >= 0.3 is 6.09 Å². The summed E-state index contributed by atoms with van der Waals surface area (Å²) >= 11 is 0. The van der Waals surface area contributed by atoms with Crippen LogP contribution in [-0.4, -0.2) is 43.1 Å². The predicted molar refractivity (Wildman–Crippen MR) is 76.7 cm³/mol. The zero-order chi connectivity index (χ0) is 14.5. The normalized spacial score (nSPS) is 21.2. The van der Waals surface area contributed by atoms with E-state index in [4.69, 9.17) is 14.2 Å². The van der Waals surface area contributed by atoms with Crippen molar-refractivity contribution < 1.29 is 19.0 Å². The predicted octanol–water partition coefficient (Wildman–Crippen LogP) is 2.55. The Bertz CT molecular complexity index is 460. The van der Waals surface area contributed by atoms with Gasteiger partial charge in [-0.05, 0) is 12.0 Å². The number of benzene rings is 1. The largest absolute Gasteiger partial charge is 0.445 e. The van der Waals surface area contributed by atoms with Gasteiger partial charge in [-0.15, -0.1) is 0 Å². The first kappa shape index (κ1) is 14.4. The molecule has 0 bridgehead atoms. The van der Waals surface area contributed by atoms with E-state index < -0.39 is 5.79 Å². The van der Waals surface area contributed by atoms with E-state index in [0.29, 0.717) is 32.5 Å². The lowest BCUT2D eigenvalue weighted by Gasteiger charge is -2.42. The summed E-state index contributed by atoms with van der Waals surface area (Å²) in [6.07, 6.45) is 2.12. The Morgan fingerprint density at radius 1 is 1.14 bits per heavy atom. The van der Waals surface area contributed by atoms with Crippen LogP contribution in [-0.2, 0) is 20.8 Å². The van der Waals surface area contributed by atoms with E-state index in [1.54, 1.807) is 4.90 Å². The summed E-state index contributed by atoms with van der Waals surface area (Å²) in [4.78, 5) is 13.8. The highest BCUT2D eigenvalue weighted by Crippen LogP contribution is 2.30. The van der Waals surface area contributed by atoms with Crippen molar-refractivity contribution >= 4 is 6.09 Å². The van der Waals surface area contributed by atoms with Crippen LogP contribution in [0.1, 0.15) is 24.8 Å². The maximum atomic E-state index is 12.1. The van der Waals surface area contributed by atoms with Crippen molar-refractivity contribution in [2.24, 2.45) is 0 Å². The van der Waals surface area contributed by atoms with Crippen molar-refractivity contribution in [2.45, 2.75) is 31.7 Å². The highest BCUT2D eigenvalue weighted by atomic mass is 16.7. The fourth-order valence-electron chi connectivity index (χ4n) is 2.75. The number of amides is 1. The maximum absolute atomic E-state index is 12.1. The first-order valence-electron chi connectivity index (χ1n) is 7.51. The quantitative estimate of drug-likeness (QED) is 0.840. The molecule has 21 heavy (non-hydrogen) atoms. The number of carbonyl (C=O) groups excluding carboxylic acids is 1. The van der Waals surface area contributed by atoms with E-state index in [2.05, 4.69) is 0 Å². The summed E-state index contributed by atoms with van der Waals surface area (Å²) < 4.78 is 16.9. The van der Waals surface area contributed by atoms with E-state index in [1.165, 1.54) is 0 Å². The van der Waals surface area contributed by atoms with Gasteiger partial charge in [0.05, 0.1) is 13.2 Å². The van der Waals surface area contributed by atoms with Crippen LogP contribution in [0.15, 0.2) is 30.3 Å². The second kappa shape index (κ2) is 6.45. The van der Waals surface area contributed by atoms with Crippen LogP contribution in [0.4, 0.5) is 4.79 Å². The monoisotopic (exact) mass is 291 g/mol. The Morgan fingerprint density at radius 3 is 2.48 bits per heavy atom. The van der Waals surface area contributed by atoms with Gasteiger partial charge in [0.25, 0.3) is 0 Å². The zero-order valence-electron chi connectivity index (χ0n) is 12.1. The minimum Gasteiger partial charge on any atom is -0.445 e. The third kappa shape index (κ3) is 3.54. The van der Waals surface area contributed by atoms with Crippen LogP contribution in [0, 0.1) is 0 Å². The van der Waals surface area contributed by atoms with E-state index in [-0.39, 0.29) is 6.09 Å². The first-order chi connectivity index (χ1) is 10.3. The first-order valence-corrected chi connectivity index (χ1v) is 7.51. The second-order valence-electron chi connectivity index (χ2n) is 5.49. The standard InChI is InChI=1S/C16H21NO4/c18-15(19-13-14-5-2-1-3-6-14)17-9-7-16(8-10-17)20-11-4-12-21-16/h1-3,5-6H,4,7-13H2. The molecule has 5 heteroatoms. The zero-order valence-corrected chi connectivity index (χ0v) is 12.1. The van der Waals surface area contributed by atoms with Crippen LogP contribution in [0.5, 0.6) is 0 Å². The molecule has 0 atom stereocenters. The lowest BCUT2D eigenvalue weighted by Crippen LogP contribution is -2.51. The topological polar surface area (TPSA) is 48.0 Å². The number of hydrogen-bond donors (Lipinski definition) is 0. The van der Waals surface area contributed by atoms with Gasteiger partial charge in [0.2, 0.25) is 0 Å². The van der Waals surface area contributed by atoms with Gasteiger partial charge in [-0.1, -0.05) is 30.3 Å². The molecule has 2 saturated heterocycles. The second-order valence-corrected chi connectivity index (χ2v) is 5.49. The molecule has 0 aliphatic carbocycles. The summed E-state index contributed by atoms with van der Waals surface area (Å²) in [5.74, 6) is -0.464. The Hall–Kier alpha value is -1.59. The molecule has 1 spiro atoms. The summed E-state index contributed by atoms with van der Waals surface area (Å²) in [6, 6.07) is 9.71. The molecule has 5 nitrogen and oxygen atoms in total. The van der Waals surface area contributed by atoms with Gasteiger partial charge in [-0.2, -0.15) is 0 Å². The molecule has 0 saturated carbocycles. The lowest BCUT2D eigenvalue weighted by molar-refractivity contribution is -0.282. The van der Waals surface area contributed by atoms with Crippen LogP contribution >= 0.6 is 0 Å². The molecule has 2 aliphatic heterocycles. The molecule has 1 aromatic carbocycles. The van der Waals surface area contributed by atoms with Crippen molar-refractivity contribution in [1.29, 1.82) is 0 Å². The molecular weight excluding hydrogens is 270 g/mol. The van der Waals surface area contributed by atoms with E-state index in [9.17, 15) is 4.79 Å². The smallest absolute Gasteiger partial charge is 0.410 e. The third-order valence-electron chi connectivity index (χ3n) is 4.01. The molecule has 3 rings (SSSR count). The third-order valence-corrected chi connectivity index (χ3v) is 4.01. The number of ether oxygens (including phenoxy) is 3. The molecule has 2 fully saturated rings. The molecule has 1 aromatic rings. The Labute approximate surface area is 124 Å². The maximum Gasteiger partial charge on any atom is 0.410 e. The molecule has 0 radical (unpaired) electrons. The highest BCUT2D eigenvalue weighted by molar-refractivity contribution is 5.67. The van der Waals surface area contributed by atoms with Crippen LogP contribution in [0.2, 0.25) is 0 Å². The SMILES string of the molecule is O=C(OCc1ccccc1)N1CCC2(CC1)OCCCO2. The molecule has 0 unspecified atom stereocenters. The van der Waals surface area contributed by atoms with Gasteiger partial charge in [0.1, 0.15) is 6.61 Å². The van der Waals surface area contributed by atoms with Crippen LogP contribution < -0.4 is 0 Å². The number of nitrogens with zero attached hydrogens (tertiary/aromatic N) is 1. The van der Waals surface area contributed by atoms with Gasteiger partial charge in [0, 0.05) is 25.9 Å². The Balaban J connectivity index is 1.46. The Kier molecular flexibility index (Phi) is 4.41. The molecule has 0 aromatic heterocycles. The Morgan fingerprint density at radius 2 is 1.81 bits per heavy atom. The number of rotatable bonds is 2. The van der Waals surface area contributed by atoms with E-state index >= 15 is 0 Å². The molecular formula is C16H21NO4. The average molecular weight is 291 g/mol. The summed E-state index contributed by atoms with van der Waals surface area (Å²) in [7, 11) is 0. The number of carbonyl (C=O) groups is 1. The minimum absolute atomic E-state index is 0.260. The molecule has 2 heterocycles. The lowest BCUT2D eigenvalue weighted by atomic mass is 10.0. The highest BCUT2D eigenvalue weighted by Gasteiger charge is 2.39. The molecule has 114 valence electrons.